The predicted molar refractivity (Wildman–Crippen MR) is 75.0 cm³/mol. The van der Waals surface area contributed by atoms with Gasteiger partial charge < -0.3 is 9.84 Å². The maximum Gasteiger partial charge on any atom is 0.119 e. The highest BCUT2D eigenvalue weighted by Gasteiger charge is 2.16. The van der Waals surface area contributed by atoms with E-state index in [0.29, 0.717) is 12.6 Å². The van der Waals surface area contributed by atoms with Crippen molar-refractivity contribution in [2.75, 3.05) is 20.2 Å². The third kappa shape index (κ3) is 4.00. The first-order chi connectivity index (χ1) is 8.62. The van der Waals surface area contributed by atoms with Crippen molar-refractivity contribution in [3.05, 3.63) is 29.8 Å². The van der Waals surface area contributed by atoms with Crippen molar-refractivity contribution in [3.8, 4) is 5.75 Å². The highest BCUT2D eigenvalue weighted by Crippen LogP contribution is 2.20. The van der Waals surface area contributed by atoms with Crippen LogP contribution in [0.3, 0.4) is 0 Å². The van der Waals surface area contributed by atoms with Crippen LogP contribution in [-0.4, -0.2) is 36.2 Å². The minimum Gasteiger partial charge on any atom is -0.497 e. The van der Waals surface area contributed by atoms with E-state index < -0.39 is 6.10 Å². The molecular weight excluding hydrogens is 226 g/mol. The van der Waals surface area contributed by atoms with E-state index >= 15 is 0 Å². The number of hydrogen-bond donors (Lipinski definition) is 1. The Bertz CT molecular complexity index is 354. The standard InChI is InChI=1S/C15H25NO2/c1-5-12(3)16(6-2)11-15(17)13-8-7-9-14(10-13)18-4/h7-10,12,15,17H,5-6,11H2,1-4H3. The Labute approximate surface area is 110 Å². The van der Waals surface area contributed by atoms with Gasteiger partial charge in [-0.1, -0.05) is 26.0 Å². The van der Waals surface area contributed by atoms with Crippen molar-refractivity contribution in [1.82, 2.24) is 4.90 Å². The van der Waals surface area contributed by atoms with Gasteiger partial charge in [-0.25, -0.2) is 0 Å². The predicted octanol–water partition coefficient (Wildman–Crippen LogP) is 2.85. The van der Waals surface area contributed by atoms with E-state index in [4.69, 9.17) is 4.74 Å². The molecule has 0 aliphatic carbocycles. The van der Waals surface area contributed by atoms with Crippen molar-refractivity contribution in [2.24, 2.45) is 0 Å². The summed E-state index contributed by atoms with van der Waals surface area (Å²) in [5.74, 6) is 0.790. The molecule has 0 heterocycles. The third-order valence-corrected chi connectivity index (χ3v) is 3.51. The Morgan fingerprint density at radius 3 is 2.61 bits per heavy atom. The summed E-state index contributed by atoms with van der Waals surface area (Å²) in [6.07, 6.45) is 0.632. The SMILES string of the molecule is CCC(C)N(CC)CC(O)c1cccc(OC)c1. The van der Waals surface area contributed by atoms with Crippen LogP contribution in [0.5, 0.6) is 5.75 Å². The summed E-state index contributed by atoms with van der Waals surface area (Å²) in [5, 5.41) is 10.3. The van der Waals surface area contributed by atoms with Crippen LogP contribution in [0.2, 0.25) is 0 Å². The van der Waals surface area contributed by atoms with Gasteiger partial charge in [0.05, 0.1) is 13.2 Å². The average Bonchev–Trinajstić information content (AvgIpc) is 2.43. The molecule has 1 aromatic carbocycles. The molecule has 2 unspecified atom stereocenters. The second kappa shape index (κ2) is 7.39. The molecule has 102 valence electrons. The Balaban J connectivity index is 2.70. The zero-order valence-electron chi connectivity index (χ0n) is 11.9. The quantitative estimate of drug-likeness (QED) is 0.809. The van der Waals surface area contributed by atoms with E-state index in [-0.39, 0.29) is 0 Å². The molecular formula is C15H25NO2. The molecule has 1 aromatic rings. The number of ether oxygens (including phenoxy) is 1. The Morgan fingerprint density at radius 2 is 2.06 bits per heavy atom. The van der Waals surface area contributed by atoms with Gasteiger partial charge in [-0.05, 0) is 37.6 Å². The van der Waals surface area contributed by atoms with E-state index in [1.165, 1.54) is 0 Å². The van der Waals surface area contributed by atoms with Crippen molar-refractivity contribution in [3.63, 3.8) is 0 Å². The molecule has 3 heteroatoms. The van der Waals surface area contributed by atoms with Gasteiger partial charge in [-0.15, -0.1) is 0 Å². The molecule has 0 spiro atoms. The van der Waals surface area contributed by atoms with Crippen LogP contribution in [0.4, 0.5) is 0 Å². The molecule has 0 aliphatic heterocycles. The fraction of sp³-hybridized carbons (Fsp3) is 0.600. The molecule has 0 aliphatic rings. The monoisotopic (exact) mass is 251 g/mol. The van der Waals surface area contributed by atoms with Crippen LogP contribution in [0.25, 0.3) is 0 Å². The lowest BCUT2D eigenvalue weighted by Crippen LogP contribution is -2.35. The molecule has 0 radical (unpaired) electrons. The van der Waals surface area contributed by atoms with E-state index in [0.717, 1.165) is 24.3 Å². The van der Waals surface area contributed by atoms with E-state index in [1.807, 2.05) is 24.3 Å². The number of likely N-dealkylation sites (N-methyl/N-ethyl adjacent to an activating group) is 1. The van der Waals surface area contributed by atoms with Gasteiger partial charge in [0.2, 0.25) is 0 Å². The summed E-state index contributed by atoms with van der Waals surface area (Å²) >= 11 is 0. The highest BCUT2D eigenvalue weighted by atomic mass is 16.5. The molecule has 18 heavy (non-hydrogen) atoms. The van der Waals surface area contributed by atoms with Crippen molar-refractivity contribution in [1.29, 1.82) is 0 Å². The van der Waals surface area contributed by atoms with E-state index in [2.05, 4.69) is 25.7 Å². The first-order valence-electron chi connectivity index (χ1n) is 6.68. The number of aliphatic hydroxyl groups is 1. The molecule has 0 aromatic heterocycles. The van der Waals surface area contributed by atoms with Crippen LogP contribution < -0.4 is 4.74 Å². The minimum atomic E-state index is -0.464. The van der Waals surface area contributed by atoms with Gasteiger partial charge >= 0.3 is 0 Å². The first-order valence-corrected chi connectivity index (χ1v) is 6.68. The lowest BCUT2D eigenvalue weighted by molar-refractivity contribution is 0.0933. The fourth-order valence-electron chi connectivity index (χ4n) is 2.06. The lowest BCUT2D eigenvalue weighted by Gasteiger charge is -2.29. The number of hydrogen-bond acceptors (Lipinski definition) is 3. The highest BCUT2D eigenvalue weighted by molar-refractivity contribution is 5.29. The van der Waals surface area contributed by atoms with Crippen LogP contribution in [0.15, 0.2) is 24.3 Å². The number of nitrogens with zero attached hydrogens (tertiary/aromatic N) is 1. The van der Waals surface area contributed by atoms with Gasteiger partial charge in [0, 0.05) is 12.6 Å². The van der Waals surface area contributed by atoms with Gasteiger partial charge in [0.25, 0.3) is 0 Å². The minimum absolute atomic E-state index is 0.464. The average molecular weight is 251 g/mol. The van der Waals surface area contributed by atoms with Crippen LogP contribution in [-0.2, 0) is 0 Å². The summed E-state index contributed by atoms with van der Waals surface area (Å²) in [5.41, 5.74) is 0.913. The van der Waals surface area contributed by atoms with Gasteiger partial charge in [0.15, 0.2) is 0 Å². The number of benzene rings is 1. The summed E-state index contributed by atoms with van der Waals surface area (Å²) < 4.78 is 5.18. The molecule has 1 N–H and O–H groups in total. The van der Waals surface area contributed by atoms with E-state index in [9.17, 15) is 5.11 Å². The van der Waals surface area contributed by atoms with E-state index in [1.54, 1.807) is 7.11 Å². The largest absolute Gasteiger partial charge is 0.497 e. The summed E-state index contributed by atoms with van der Waals surface area (Å²) in [7, 11) is 1.64. The molecule has 0 bridgehead atoms. The third-order valence-electron chi connectivity index (χ3n) is 3.51. The molecule has 0 saturated heterocycles. The molecule has 0 saturated carbocycles. The second-order valence-corrected chi connectivity index (χ2v) is 4.64. The number of rotatable bonds is 7. The van der Waals surface area contributed by atoms with Gasteiger partial charge in [-0.2, -0.15) is 0 Å². The Hall–Kier alpha value is -1.06. The Morgan fingerprint density at radius 1 is 1.33 bits per heavy atom. The summed E-state index contributed by atoms with van der Waals surface area (Å²) in [6.45, 7) is 8.12. The van der Waals surface area contributed by atoms with Crippen LogP contribution >= 0.6 is 0 Å². The zero-order chi connectivity index (χ0) is 13.5. The number of aliphatic hydroxyl groups excluding tert-OH is 1. The molecule has 0 fully saturated rings. The smallest absolute Gasteiger partial charge is 0.119 e. The second-order valence-electron chi connectivity index (χ2n) is 4.64. The molecule has 2 atom stereocenters. The zero-order valence-corrected chi connectivity index (χ0v) is 11.9. The van der Waals surface area contributed by atoms with Crippen molar-refractivity contribution < 1.29 is 9.84 Å². The first kappa shape index (κ1) is 15.0. The fourth-order valence-corrected chi connectivity index (χ4v) is 2.06. The topological polar surface area (TPSA) is 32.7 Å². The Kier molecular flexibility index (Phi) is 6.16. The summed E-state index contributed by atoms with van der Waals surface area (Å²) in [6, 6.07) is 8.14. The van der Waals surface area contributed by atoms with Crippen LogP contribution in [0.1, 0.15) is 38.9 Å². The van der Waals surface area contributed by atoms with Crippen LogP contribution in [0, 0.1) is 0 Å². The van der Waals surface area contributed by atoms with Gasteiger partial charge in [0.1, 0.15) is 5.75 Å². The lowest BCUT2D eigenvalue weighted by atomic mass is 10.1. The molecule has 1 rings (SSSR count). The molecule has 0 amide bonds. The number of methoxy groups -OCH3 is 1. The maximum atomic E-state index is 10.3. The summed E-state index contributed by atoms with van der Waals surface area (Å²) in [4.78, 5) is 2.30. The van der Waals surface area contributed by atoms with Crippen molar-refractivity contribution in [2.45, 2.75) is 39.3 Å². The maximum absolute atomic E-state index is 10.3. The van der Waals surface area contributed by atoms with Crippen molar-refractivity contribution >= 4 is 0 Å². The van der Waals surface area contributed by atoms with Gasteiger partial charge in [-0.3, -0.25) is 4.90 Å². The normalized spacial score (nSPS) is 14.6. The molecule has 3 nitrogen and oxygen atoms in total.